The van der Waals surface area contributed by atoms with E-state index < -0.39 is 12.1 Å². The van der Waals surface area contributed by atoms with E-state index in [4.69, 9.17) is 5.11 Å². The molecule has 2 rings (SSSR count). The zero-order valence-corrected chi connectivity index (χ0v) is 8.82. The summed E-state index contributed by atoms with van der Waals surface area (Å²) in [5, 5.41) is 18.7. The van der Waals surface area contributed by atoms with Gasteiger partial charge in [0, 0.05) is 0 Å². The van der Waals surface area contributed by atoms with E-state index in [2.05, 4.69) is 13.8 Å². The molecule has 15 heavy (non-hydrogen) atoms. The Morgan fingerprint density at radius 3 is 2.73 bits per heavy atom. The molecule has 0 bridgehead atoms. The number of carboxylic acids is 1. The van der Waals surface area contributed by atoms with Crippen molar-refractivity contribution < 1.29 is 15.0 Å². The Labute approximate surface area is 88.4 Å². The van der Waals surface area contributed by atoms with E-state index in [0.717, 1.165) is 11.1 Å². The molecule has 0 aromatic heterocycles. The summed E-state index contributed by atoms with van der Waals surface area (Å²) in [5.74, 6) is -0.949. The van der Waals surface area contributed by atoms with Gasteiger partial charge in [0.2, 0.25) is 0 Å². The van der Waals surface area contributed by atoms with Gasteiger partial charge >= 0.3 is 5.97 Å². The largest absolute Gasteiger partial charge is 0.478 e. The molecule has 1 aromatic carbocycles. The molecule has 80 valence electrons. The van der Waals surface area contributed by atoms with Crippen LogP contribution in [-0.2, 0) is 5.41 Å². The van der Waals surface area contributed by atoms with Crippen molar-refractivity contribution in [2.75, 3.05) is 0 Å². The maximum atomic E-state index is 10.8. The third kappa shape index (κ3) is 1.53. The summed E-state index contributed by atoms with van der Waals surface area (Å²) in [6, 6.07) is 4.99. The number of aliphatic hydroxyl groups is 1. The van der Waals surface area contributed by atoms with Crippen LogP contribution in [0.15, 0.2) is 18.2 Å². The van der Waals surface area contributed by atoms with Crippen LogP contribution < -0.4 is 0 Å². The van der Waals surface area contributed by atoms with Gasteiger partial charge in [-0.2, -0.15) is 0 Å². The number of carboxylic acid groups (broad SMARTS) is 1. The molecular formula is C12H14O3. The summed E-state index contributed by atoms with van der Waals surface area (Å²) in [6.45, 7) is 4.12. The highest BCUT2D eigenvalue weighted by Crippen LogP contribution is 2.44. The van der Waals surface area contributed by atoms with Crippen LogP contribution in [0.25, 0.3) is 0 Å². The molecule has 0 saturated carbocycles. The monoisotopic (exact) mass is 206 g/mol. The van der Waals surface area contributed by atoms with Crippen molar-refractivity contribution in [3.8, 4) is 0 Å². The molecule has 3 heteroatoms. The normalized spacial score (nSPS) is 22.5. The highest BCUT2D eigenvalue weighted by atomic mass is 16.4. The molecule has 0 amide bonds. The Morgan fingerprint density at radius 1 is 1.47 bits per heavy atom. The summed E-state index contributed by atoms with van der Waals surface area (Å²) < 4.78 is 0. The summed E-state index contributed by atoms with van der Waals surface area (Å²) in [5.41, 5.74) is 2.00. The van der Waals surface area contributed by atoms with E-state index >= 15 is 0 Å². The van der Waals surface area contributed by atoms with Crippen LogP contribution in [0.4, 0.5) is 0 Å². The second kappa shape index (κ2) is 3.07. The van der Waals surface area contributed by atoms with Gasteiger partial charge in [0.25, 0.3) is 0 Å². The van der Waals surface area contributed by atoms with Crippen molar-refractivity contribution in [2.45, 2.75) is 31.8 Å². The van der Waals surface area contributed by atoms with Crippen LogP contribution in [0.5, 0.6) is 0 Å². The number of aliphatic hydroxyl groups excluding tert-OH is 1. The van der Waals surface area contributed by atoms with Crippen molar-refractivity contribution in [1.82, 2.24) is 0 Å². The first-order chi connectivity index (χ1) is 6.92. The molecule has 1 atom stereocenters. The lowest BCUT2D eigenvalue weighted by Crippen LogP contribution is -2.12. The Morgan fingerprint density at radius 2 is 2.13 bits per heavy atom. The topological polar surface area (TPSA) is 57.5 Å². The van der Waals surface area contributed by atoms with Gasteiger partial charge in [0.05, 0.1) is 11.7 Å². The zero-order valence-electron chi connectivity index (χ0n) is 8.82. The van der Waals surface area contributed by atoms with Crippen LogP contribution in [0.2, 0.25) is 0 Å². The van der Waals surface area contributed by atoms with E-state index in [1.807, 2.05) is 6.07 Å². The molecule has 0 spiro atoms. The molecule has 1 aromatic rings. The summed E-state index contributed by atoms with van der Waals surface area (Å²) >= 11 is 0. The Balaban J connectivity index is 2.55. The van der Waals surface area contributed by atoms with Gasteiger partial charge < -0.3 is 10.2 Å². The molecule has 0 fully saturated rings. The van der Waals surface area contributed by atoms with Crippen molar-refractivity contribution in [3.05, 3.63) is 34.9 Å². The fourth-order valence-electron chi connectivity index (χ4n) is 2.29. The van der Waals surface area contributed by atoms with E-state index in [1.54, 1.807) is 12.1 Å². The van der Waals surface area contributed by atoms with Crippen molar-refractivity contribution in [2.24, 2.45) is 0 Å². The van der Waals surface area contributed by atoms with Gasteiger partial charge in [-0.15, -0.1) is 0 Å². The maximum Gasteiger partial charge on any atom is 0.335 e. The molecule has 0 heterocycles. The molecule has 1 aliphatic carbocycles. The lowest BCUT2D eigenvalue weighted by atomic mass is 9.86. The van der Waals surface area contributed by atoms with Crippen molar-refractivity contribution in [1.29, 1.82) is 0 Å². The Bertz CT molecular complexity index is 421. The SMILES string of the molecule is CC1(C)C[C@H](O)c2cc(C(=O)O)ccc21. The molecule has 3 nitrogen and oxygen atoms in total. The van der Waals surface area contributed by atoms with Gasteiger partial charge in [-0.3, -0.25) is 0 Å². The number of rotatable bonds is 1. The smallest absolute Gasteiger partial charge is 0.335 e. The molecule has 1 aliphatic rings. The molecular weight excluding hydrogens is 192 g/mol. The quantitative estimate of drug-likeness (QED) is 0.739. The van der Waals surface area contributed by atoms with Crippen molar-refractivity contribution in [3.63, 3.8) is 0 Å². The number of fused-ring (bicyclic) bond motifs is 1. The molecule has 0 unspecified atom stereocenters. The van der Waals surface area contributed by atoms with Gasteiger partial charge in [-0.25, -0.2) is 4.79 Å². The van der Waals surface area contributed by atoms with E-state index in [0.29, 0.717) is 6.42 Å². The van der Waals surface area contributed by atoms with Gasteiger partial charge in [-0.1, -0.05) is 19.9 Å². The first-order valence-electron chi connectivity index (χ1n) is 4.97. The molecule has 2 N–H and O–H groups in total. The second-order valence-corrected chi connectivity index (χ2v) is 4.71. The lowest BCUT2D eigenvalue weighted by Gasteiger charge is -2.18. The minimum atomic E-state index is -0.949. The third-order valence-corrected chi connectivity index (χ3v) is 3.09. The first kappa shape index (κ1) is 10.2. The number of benzene rings is 1. The molecule has 0 saturated heterocycles. The van der Waals surface area contributed by atoms with Crippen LogP contribution in [0.3, 0.4) is 0 Å². The lowest BCUT2D eigenvalue weighted by molar-refractivity contribution is 0.0696. The van der Waals surface area contributed by atoms with Crippen LogP contribution in [0, 0.1) is 0 Å². The van der Waals surface area contributed by atoms with Crippen molar-refractivity contribution >= 4 is 5.97 Å². The number of hydrogen-bond acceptors (Lipinski definition) is 2. The third-order valence-electron chi connectivity index (χ3n) is 3.09. The van der Waals surface area contributed by atoms with Gasteiger partial charge in [-0.05, 0) is 35.1 Å². The highest BCUT2D eigenvalue weighted by molar-refractivity contribution is 5.88. The molecule has 0 aliphatic heterocycles. The predicted octanol–water partition coefficient (Wildman–Crippen LogP) is 2.10. The maximum absolute atomic E-state index is 10.8. The van der Waals surface area contributed by atoms with E-state index in [9.17, 15) is 9.90 Å². The van der Waals surface area contributed by atoms with Gasteiger partial charge in [0.15, 0.2) is 0 Å². The summed E-state index contributed by atoms with van der Waals surface area (Å²) in [4.78, 5) is 10.8. The zero-order chi connectivity index (χ0) is 11.2. The summed E-state index contributed by atoms with van der Waals surface area (Å²) in [6.07, 6.45) is 0.125. The predicted molar refractivity (Wildman–Crippen MR) is 56.0 cm³/mol. The summed E-state index contributed by atoms with van der Waals surface area (Å²) in [7, 11) is 0. The number of carbonyl (C=O) groups is 1. The first-order valence-corrected chi connectivity index (χ1v) is 4.97. The minimum Gasteiger partial charge on any atom is -0.478 e. The van der Waals surface area contributed by atoms with Crippen LogP contribution in [-0.4, -0.2) is 16.2 Å². The van der Waals surface area contributed by atoms with E-state index in [-0.39, 0.29) is 11.0 Å². The van der Waals surface area contributed by atoms with E-state index in [1.165, 1.54) is 0 Å². The number of aromatic carboxylic acids is 1. The minimum absolute atomic E-state index is 0.0637. The van der Waals surface area contributed by atoms with Crippen LogP contribution in [0.1, 0.15) is 47.9 Å². The fourth-order valence-corrected chi connectivity index (χ4v) is 2.29. The standard InChI is InChI=1S/C12H14O3/c1-12(2)6-10(13)8-5-7(11(14)15)3-4-9(8)12/h3-5,10,13H,6H2,1-2H3,(H,14,15)/t10-/m0/s1. The second-order valence-electron chi connectivity index (χ2n) is 4.71. The van der Waals surface area contributed by atoms with Gasteiger partial charge in [0.1, 0.15) is 0 Å². The molecule has 0 radical (unpaired) electrons. The van der Waals surface area contributed by atoms with Crippen LogP contribution >= 0.6 is 0 Å². The highest BCUT2D eigenvalue weighted by Gasteiger charge is 2.36. The Hall–Kier alpha value is -1.35. The average Bonchev–Trinajstić information content (AvgIpc) is 2.37. The average molecular weight is 206 g/mol. The Kier molecular flexibility index (Phi) is 2.08. The fraction of sp³-hybridized carbons (Fsp3) is 0.417. The number of hydrogen-bond donors (Lipinski definition) is 2.